The number of ketones is 1. The van der Waals surface area contributed by atoms with E-state index in [0.717, 1.165) is 10.8 Å². The molecule has 110 valence electrons. The average Bonchev–Trinajstić information content (AvgIpc) is 2.42. The van der Waals surface area contributed by atoms with Crippen LogP contribution in [0.2, 0.25) is 0 Å². The molecule has 0 heterocycles. The van der Waals surface area contributed by atoms with Gasteiger partial charge in [0.25, 0.3) is 0 Å². The van der Waals surface area contributed by atoms with Crippen molar-refractivity contribution in [2.75, 3.05) is 0 Å². The summed E-state index contributed by atoms with van der Waals surface area (Å²) in [7, 11) is 0. The number of carbonyl (C=O) groups is 2. The van der Waals surface area contributed by atoms with Crippen molar-refractivity contribution in [1.82, 2.24) is 0 Å². The van der Waals surface area contributed by atoms with Crippen LogP contribution in [0, 0.1) is 0 Å². The molecule has 0 spiro atoms. The largest absolute Gasteiger partial charge is 0.460 e. The number of Topliss-reactive ketones (excluding diaryl/α,β-unsaturated/α-hetero) is 1. The molecule has 0 aliphatic rings. The second-order valence-corrected chi connectivity index (χ2v) is 6.07. The number of hydrogen-bond donors (Lipinski definition) is 0. The quantitative estimate of drug-likeness (QED) is 0.626. The van der Waals surface area contributed by atoms with Crippen molar-refractivity contribution < 1.29 is 14.3 Å². The van der Waals surface area contributed by atoms with Gasteiger partial charge in [-0.3, -0.25) is 9.59 Å². The van der Waals surface area contributed by atoms with Crippen molar-refractivity contribution in [3.8, 4) is 0 Å². The summed E-state index contributed by atoms with van der Waals surface area (Å²) in [5.74, 6) is -0.372. The number of hydrogen-bond acceptors (Lipinski definition) is 3. The summed E-state index contributed by atoms with van der Waals surface area (Å²) >= 11 is 0. The van der Waals surface area contributed by atoms with Gasteiger partial charge in [-0.2, -0.15) is 0 Å². The average molecular weight is 284 g/mol. The minimum absolute atomic E-state index is 0.0355. The molecule has 0 N–H and O–H groups in total. The van der Waals surface area contributed by atoms with Crippen LogP contribution in [0.15, 0.2) is 42.5 Å². The molecule has 0 atom stereocenters. The lowest BCUT2D eigenvalue weighted by Gasteiger charge is -2.19. The van der Waals surface area contributed by atoms with E-state index in [0.29, 0.717) is 5.56 Å². The van der Waals surface area contributed by atoms with Crippen molar-refractivity contribution in [3.63, 3.8) is 0 Å². The van der Waals surface area contributed by atoms with E-state index in [2.05, 4.69) is 0 Å². The summed E-state index contributed by atoms with van der Waals surface area (Å²) in [6, 6.07) is 13.5. The normalized spacial score (nSPS) is 11.4. The fourth-order valence-corrected chi connectivity index (χ4v) is 2.12. The fraction of sp³-hybridized carbons (Fsp3) is 0.333. The Morgan fingerprint density at radius 2 is 1.62 bits per heavy atom. The van der Waals surface area contributed by atoms with Crippen LogP contribution in [0.5, 0.6) is 0 Å². The lowest BCUT2D eigenvalue weighted by molar-refractivity contribution is -0.154. The van der Waals surface area contributed by atoms with Crippen LogP contribution in [0.4, 0.5) is 0 Å². The third-order valence-corrected chi connectivity index (χ3v) is 3.05. The monoisotopic (exact) mass is 284 g/mol. The van der Waals surface area contributed by atoms with E-state index >= 15 is 0 Å². The molecule has 0 aliphatic carbocycles. The highest BCUT2D eigenvalue weighted by atomic mass is 16.6. The highest BCUT2D eigenvalue weighted by molar-refractivity contribution is 6.00. The van der Waals surface area contributed by atoms with Crippen LogP contribution in [0.25, 0.3) is 10.8 Å². The van der Waals surface area contributed by atoms with E-state index in [9.17, 15) is 9.59 Å². The Morgan fingerprint density at radius 1 is 0.952 bits per heavy atom. The van der Waals surface area contributed by atoms with Crippen LogP contribution < -0.4 is 0 Å². The third-order valence-electron chi connectivity index (χ3n) is 3.05. The van der Waals surface area contributed by atoms with Crippen LogP contribution >= 0.6 is 0 Å². The second-order valence-electron chi connectivity index (χ2n) is 6.07. The second kappa shape index (κ2) is 6.08. The molecule has 2 aromatic carbocycles. The van der Waals surface area contributed by atoms with Crippen molar-refractivity contribution in [1.29, 1.82) is 0 Å². The van der Waals surface area contributed by atoms with Gasteiger partial charge in [-0.25, -0.2) is 0 Å². The molecule has 0 unspecified atom stereocenters. The molecular weight excluding hydrogens is 264 g/mol. The molecule has 2 rings (SSSR count). The number of benzene rings is 2. The SMILES string of the molecule is CC(C)(C)OC(=O)CCC(=O)c1ccc2ccccc2c1. The Kier molecular flexibility index (Phi) is 4.41. The molecule has 21 heavy (non-hydrogen) atoms. The van der Waals surface area contributed by atoms with E-state index in [4.69, 9.17) is 4.74 Å². The van der Waals surface area contributed by atoms with Crippen molar-refractivity contribution >= 4 is 22.5 Å². The number of esters is 1. The van der Waals surface area contributed by atoms with Crippen LogP contribution in [0.1, 0.15) is 44.0 Å². The molecular formula is C18H20O3. The Labute approximate surface area is 124 Å². The minimum Gasteiger partial charge on any atom is -0.460 e. The molecule has 0 bridgehead atoms. The molecule has 3 heteroatoms. The van der Waals surface area contributed by atoms with Crippen molar-refractivity contribution in [3.05, 3.63) is 48.0 Å². The number of rotatable bonds is 4. The van der Waals surface area contributed by atoms with Gasteiger partial charge in [0, 0.05) is 12.0 Å². The summed E-state index contributed by atoms with van der Waals surface area (Å²) in [4.78, 5) is 23.8. The maximum absolute atomic E-state index is 12.2. The Morgan fingerprint density at radius 3 is 2.29 bits per heavy atom. The minimum atomic E-state index is -0.511. The Bertz CT molecular complexity index is 665. The first-order valence-electron chi connectivity index (χ1n) is 7.09. The van der Waals surface area contributed by atoms with Gasteiger partial charge < -0.3 is 4.74 Å². The summed E-state index contributed by atoms with van der Waals surface area (Å²) in [5.41, 5.74) is 0.126. The molecule has 3 nitrogen and oxygen atoms in total. The first-order valence-corrected chi connectivity index (χ1v) is 7.09. The maximum Gasteiger partial charge on any atom is 0.306 e. The topological polar surface area (TPSA) is 43.4 Å². The van der Waals surface area contributed by atoms with Crippen molar-refractivity contribution in [2.24, 2.45) is 0 Å². The zero-order chi connectivity index (χ0) is 15.5. The fourth-order valence-electron chi connectivity index (χ4n) is 2.12. The summed E-state index contributed by atoms with van der Waals surface area (Å²) < 4.78 is 5.20. The van der Waals surface area contributed by atoms with Gasteiger partial charge in [0.05, 0.1) is 6.42 Å². The lowest BCUT2D eigenvalue weighted by Crippen LogP contribution is -2.24. The molecule has 0 radical (unpaired) electrons. The lowest BCUT2D eigenvalue weighted by atomic mass is 10.0. The molecule has 0 saturated carbocycles. The third kappa shape index (κ3) is 4.42. The number of fused-ring (bicyclic) bond motifs is 1. The number of ether oxygens (including phenoxy) is 1. The smallest absolute Gasteiger partial charge is 0.306 e. The highest BCUT2D eigenvalue weighted by Gasteiger charge is 2.17. The van der Waals surface area contributed by atoms with Gasteiger partial charge in [-0.15, -0.1) is 0 Å². The molecule has 2 aromatic rings. The zero-order valence-electron chi connectivity index (χ0n) is 12.7. The van der Waals surface area contributed by atoms with E-state index in [1.165, 1.54) is 0 Å². The number of carbonyl (C=O) groups excluding carboxylic acids is 2. The van der Waals surface area contributed by atoms with E-state index in [-0.39, 0.29) is 24.6 Å². The van der Waals surface area contributed by atoms with Gasteiger partial charge in [-0.05, 0) is 37.6 Å². The summed E-state index contributed by atoms with van der Waals surface area (Å²) in [5, 5.41) is 2.13. The van der Waals surface area contributed by atoms with Crippen LogP contribution in [0.3, 0.4) is 0 Å². The maximum atomic E-state index is 12.2. The van der Waals surface area contributed by atoms with Gasteiger partial charge in [-0.1, -0.05) is 36.4 Å². The molecule has 0 aromatic heterocycles. The zero-order valence-corrected chi connectivity index (χ0v) is 12.7. The molecule has 0 aliphatic heterocycles. The summed E-state index contributed by atoms with van der Waals surface area (Å²) in [6.07, 6.45) is 0.288. The van der Waals surface area contributed by atoms with E-state index in [1.807, 2.05) is 57.2 Å². The van der Waals surface area contributed by atoms with Gasteiger partial charge >= 0.3 is 5.97 Å². The van der Waals surface area contributed by atoms with Gasteiger partial charge in [0.15, 0.2) is 5.78 Å². The molecule has 0 amide bonds. The standard InChI is InChI=1S/C18H20O3/c1-18(2,3)21-17(20)11-10-16(19)15-9-8-13-6-4-5-7-14(13)12-15/h4-9,12H,10-11H2,1-3H3. The van der Waals surface area contributed by atoms with E-state index < -0.39 is 5.60 Å². The first kappa shape index (κ1) is 15.2. The van der Waals surface area contributed by atoms with Crippen LogP contribution in [-0.4, -0.2) is 17.4 Å². The predicted octanol–water partition coefficient (Wildman–Crippen LogP) is 4.14. The summed E-state index contributed by atoms with van der Waals surface area (Å²) in [6.45, 7) is 5.45. The highest BCUT2D eigenvalue weighted by Crippen LogP contribution is 2.17. The van der Waals surface area contributed by atoms with Gasteiger partial charge in [0.2, 0.25) is 0 Å². The van der Waals surface area contributed by atoms with E-state index in [1.54, 1.807) is 6.07 Å². The van der Waals surface area contributed by atoms with Crippen LogP contribution in [-0.2, 0) is 9.53 Å². The van der Waals surface area contributed by atoms with Gasteiger partial charge in [0.1, 0.15) is 5.60 Å². The Balaban J connectivity index is 2.00. The predicted molar refractivity (Wildman–Crippen MR) is 83.4 cm³/mol. The Hall–Kier alpha value is -2.16. The van der Waals surface area contributed by atoms with Crippen molar-refractivity contribution in [2.45, 2.75) is 39.2 Å². The first-order chi connectivity index (χ1) is 9.85. The molecule has 0 saturated heterocycles. The molecule has 0 fully saturated rings.